The van der Waals surface area contributed by atoms with Gasteiger partial charge in [0.2, 0.25) is 5.91 Å². The van der Waals surface area contributed by atoms with E-state index in [1.165, 1.54) is 36.7 Å². The fourth-order valence-corrected chi connectivity index (χ4v) is 4.95. The van der Waals surface area contributed by atoms with E-state index >= 15 is 0 Å². The van der Waals surface area contributed by atoms with Gasteiger partial charge in [0.05, 0.1) is 28.6 Å². The minimum Gasteiger partial charge on any atom is -0.495 e. The fraction of sp³-hybridized carbons (Fsp3) is 0.136. The number of methoxy groups -OCH3 is 1. The minimum absolute atomic E-state index is 0.105. The van der Waals surface area contributed by atoms with Crippen molar-refractivity contribution in [1.29, 1.82) is 0 Å². The lowest BCUT2D eigenvalue weighted by molar-refractivity contribution is -0.125. The molecule has 1 N–H and O–H groups in total. The Hall–Kier alpha value is -2.81. The van der Waals surface area contributed by atoms with Gasteiger partial charge in [0.15, 0.2) is 0 Å². The van der Waals surface area contributed by atoms with E-state index in [0.29, 0.717) is 27.9 Å². The molecule has 0 spiro atoms. The van der Waals surface area contributed by atoms with Crippen LogP contribution in [-0.4, -0.2) is 33.4 Å². The Labute approximate surface area is 190 Å². The van der Waals surface area contributed by atoms with Crippen molar-refractivity contribution in [1.82, 2.24) is 4.90 Å². The molecule has 3 rings (SSSR count). The minimum atomic E-state index is -3.78. The van der Waals surface area contributed by atoms with Gasteiger partial charge in [0.25, 0.3) is 10.0 Å². The molecule has 0 saturated heterocycles. The SMILES string of the molecule is COc1ccccc1NS(=O)(=O)c1ccc(/C=C/C(=O)N(C)Cc2ccc(Cl)s2)cc1. The summed E-state index contributed by atoms with van der Waals surface area (Å²) in [7, 11) is -0.596. The van der Waals surface area contributed by atoms with Crippen molar-refractivity contribution in [3.05, 3.63) is 81.5 Å². The van der Waals surface area contributed by atoms with Crippen LogP contribution in [0, 0.1) is 0 Å². The van der Waals surface area contributed by atoms with E-state index in [2.05, 4.69) is 4.72 Å². The average molecular weight is 477 g/mol. The summed E-state index contributed by atoms with van der Waals surface area (Å²) in [5.41, 5.74) is 1.06. The van der Waals surface area contributed by atoms with Gasteiger partial charge in [-0.2, -0.15) is 0 Å². The normalized spacial score (nSPS) is 11.5. The first kappa shape index (κ1) is 22.9. The van der Waals surface area contributed by atoms with Crippen LogP contribution in [0.1, 0.15) is 10.4 Å². The molecule has 0 aliphatic heterocycles. The maximum Gasteiger partial charge on any atom is 0.262 e. The van der Waals surface area contributed by atoms with Crippen LogP contribution < -0.4 is 9.46 Å². The highest BCUT2D eigenvalue weighted by Gasteiger charge is 2.16. The molecule has 31 heavy (non-hydrogen) atoms. The molecule has 0 saturated carbocycles. The van der Waals surface area contributed by atoms with E-state index in [4.69, 9.17) is 16.3 Å². The Morgan fingerprint density at radius 3 is 2.48 bits per heavy atom. The number of anilines is 1. The number of likely N-dealkylation sites (N-methyl/N-ethyl adjacent to an activating group) is 1. The Kier molecular flexibility index (Phi) is 7.37. The number of sulfonamides is 1. The molecule has 0 unspecified atom stereocenters. The number of rotatable bonds is 8. The topological polar surface area (TPSA) is 75.7 Å². The molecule has 1 aromatic heterocycles. The summed E-state index contributed by atoms with van der Waals surface area (Å²) < 4.78 is 33.7. The average Bonchev–Trinajstić information content (AvgIpc) is 3.16. The maximum absolute atomic E-state index is 12.7. The lowest BCUT2D eigenvalue weighted by Crippen LogP contribution is -2.23. The highest BCUT2D eigenvalue weighted by Crippen LogP contribution is 2.26. The molecule has 0 atom stereocenters. The number of amides is 1. The van der Waals surface area contributed by atoms with Crippen LogP contribution in [0.5, 0.6) is 5.75 Å². The number of nitrogens with one attached hydrogen (secondary N) is 1. The monoisotopic (exact) mass is 476 g/mol. The zero-order valence-electron chi connectivity index (χ0n) is 16.9. The van der Waals surface area contributed by atoms with Gasteiger partial charge >= 0.3 is 0 Å². The predicted molar refractivity (Wildman–Crippen MR) is 125 cm³/mol. The molecular formula is C22H21ClN2O4S2. The van der Waals surface area contributed by atoms with E-state index in [1.807, 2.05) is 6.07 Å². The molecular weight excluding hydrogens is 456 g/mol. The number of carbonyl (C=O) groups excluding carboxylic acids is 1. The number of hydrogen-bond acceptors (Lipinski definition) is 5. The lowest BCUT2D eigenvalue weighted by Gasteiger charge is -2.13. The van der Waals surface area contributed by atoms with Gasteiger partial charge in [-0.15, -0.1) is 11.3 Å². The molecule has 0 aliphatic rings. The number of para-hydroxylation sites is 2. The van der Waals surface area contributed by atoms with Gasteiger partial charge in [-0.3, -0.25) is 9.52 Å². The summed E-state index contributed by atoms with van der Waals surface area (Å²) in [5, 5.41) is 0. The van der Waals surface area contributed by atoms with Gasteiger partial charge in [-0.1, -0.05) is 35.9 Å². The summed E-state index contributed by atoms with van der Waals surface area (Å²) >= 11 is 7.35. The molecule has 1 amide bonds. The Morgan fingerprint density at radius 2 is 1.84 bits per heavy atom. The number of ether oxygens (including phenoxy) is 1. The van der Waals surface area contributed by atoms with E-state index in [-0.39, 0.29) is 10.8 Å². The van der Waals surface area contributed by atoms with Gasteiger partial charge in [-0.25, -0.2) is 8.42 Å². The third kappa shape index (κ3) is 6.10. The first-order valence-electron chi connectivity index (χ1n) is 9.22. The van der Waals surface area contributed by atoms with E-state index < -0.39 is 10.0 Å². The summed E-state index contributed by atoms with van der Waals surface area (Å²) in [6.07, 6.45) is 3.09. The van der Waals surface area contributed by atoms with Crippen LogP contribution in [0.25, 0.3) is 6.08 Å². The van der Waals surface area contributed by atoms with Crippen molar-refractivity contribution in [2.24, 2.45) is 0 Å². The standard InChI is InChI=1S/C22H21ClN2O4S2/c1-25(15-17-10-13-21(23)30-17)22(26)14-9-16-7-11-18(12-8-16)31(27,28)24-19-5-3-4-6-20(19)29-2/h3-14,24H,15H2,1-2H3/b14-9+. The quantitative estimate of drug-likeness (QED) is 0.470. The molecule has 162 valence electrons. The fourth-order valence-electron chi connectivity index (χ4n) is 2.73. The van der Waals surface area contributed by atoms with Crippen LogP contribution in [0.15, 0.2) is 71.6 Å². The van der Waals surface area contributed by atoms with Crippen molar-refractivity contribution in [3.8, 4) is 5.75 Å². The van der Waals surface area contributed by atoms with Crippen LogP contribution in [0.4, 0.5) is 5.69 Å². The summed E-state index contributed by atoms with van der Waals surface area (Å²) in [6.45, 7) is 0.465. The number of carbonyl (C=O) groups is 1. The van der Waals surface area contributed by atoms with Crippen LogP contribution >= 0.6 is 22.9 Å². The number of nitrogens with zero attached hydrogens (tertiary/aromatic N) is 1. The first-order chi connectivity index (χ1) is 14.8. The Morgan fingerprint density at radius 1 is 1.13 bits per heavy atom. The summed E-state index contributed by atoms with van der Waals surface area (Å²) in [4.78, 5) is 15.0. The predicted octanol–water partition coefficient (Wildman–Crippen LogP) is 4.88. The van der Waals surface area contributed by atoms with Gasteiger partial charge in [0.1, 0.15) is 5.75 Å². The van der Waals surface area contributed by atoms with E-state index in [1.54, 1.807) is 60.5 Å². The number of hydrogen-bond donors (Lipinski definition) is 1. The highest BCUT2D eigenvalue weighted by molar-refractivity contribution is 7.92. The van der Waals surface area contributed by atoms with E-state index in [0.717, 1.165) is 4.88 Å². The van der Waals surface area contributed by atoms with Gasteiger partial charge in [-0.05, 0) is 48.0 Å². The molecule has 1 heterocycles. The first-order valence-corrected chi connectivity index (χ1v) is 11.9. The van der Waals surface area contributed by atoms with Crippen LogP contribution in [0.3, 0.4) is 0 Å². The molecule has 0 fully saturated rings. The second kappa shape index (κ2) is 10.00. The van der Waals surface area contributed by atoms with Gasteiger partial charge in [0, 0.05) is 18.0 Å². The van der Waals surface area contributed by atoms with Crippen molar-refractivity contribution < 1.29 is 17.9 Å². The number of thiophene rings is 1. The zero-order chi connectivity index (χ0) is 22.4. The molecule has 0 bridgehead atoms. The molecule has 2 aromatic carbocycles. The number of benzene rings is 2. The second-order valence-electron chi connectivity index (χ2n) is 6.61. The second-order valence-corrected chi connectivity index (χ2v) is 10.1. The molecule has 0 aliphatic carbocycles. The molecule has 0 radical (unpaired) electrons. The van der Waals surface area contributed by atoms with Crippen LogP contribution in [-0.2, 0) is 21.4 Å². The van der Waals surface area contributed by atoms with Crippen LogP contribution in [0.2, 0.25) is 4.34 Å². The van der Waals surface area contributed by atoms with Crippen molar-refractivity contribution in [2.75, 3.05) is 18.9 Å². The Balaban J connectivity index is 1.65. The maximum atomic E-state index is 12.7. The largest absolute Gasteiger partial charge is 0.495 e. The molecule has 3 aromatic rings. The highest BCUT2D eigenvalue weighted by atomic mass is 35.5. The summed E-state index contributed by atoms with van der Waals surface area (Å²) in [5.74, 6) is 0.261. The zero-order valence-corrected chi connectivity index (χ0v) is 19.3. The Bertz CT molecular complexity index is 1190. The molecule has 6 nitrogen and oxygen atoms in total. The third-order valence-electron chi connectivity index (χ3n) is 4.36. The molecule has 9 heteroatoms. The smallest absolute Gasteiger partial charge is 0.262 e. The lowest BCUT2D eigenvalue weighted by atomic mass is 10.2. The summed E-state index contributed by atoms with van der Waals surface area (Å²) in [6, 6.07) is 16.7. The van der Waals surface area contributed by atoms with E-state index in [9.17, 15) is 13.2 Å². The third-order valence-corrected chi connectivity index (χ3v) is 6.96. The number of halogens is 1. The van der Waals surface area contributed by atoms with Gasteiger partial charge < -0.3 is 9.64 Å². The van der Waals surface area contributed by atoms with Crippen molar-refractivity contribution in [2.45, 2.75) is 11.4 Å². The van der Waals surface area contributed by atoms with Crippen molar-refractivity contribution in [3.63, 3.8) is 0 Å². The van der Waals surface area contributed by atoms with Crippen molar-refractivity contribution >= 4 is 50.6 Å².